The Kier molecular flexibility index (Phi) is 4.62. The van der Waals surface area contributed by atoms with Gasteiger partial charge in [-0.1, -0.05) is 13.8 Å². The number of hydrogen-bond acceptors (Lipinski definition) is 3. The lowest BCUT2D eigenvalue weighted by Crippen LogP contribution is -2.52. The van der Waals surface area contributed by atoms with Crippen molar-refractivity contribution in [2.24, 2.45) is 17.6 Å². The predicted octanol–water partition coefficient (Wildman–Crippen LogP) is 1.39. The van der Waals surface area contributed by atoms with E-state index in [1.165, 1.54) is 0 Å². The van der Waals surface area contributed by atoms with Crippen LogP contribution >= 0.6 is 0 Å². The van der Waals surface area contributed by atoms with Crippen LogP contribution in [0.2, 0.25) is 0 Å². The normalized spacial score (nSPS) is 37.6. The third kappa shape index (κ3) is 3.04. The summed E-state index contributed by atoms with van der Waals surface area (Å²) < 4.78 is 5.46. The topological polar surface area (TPSA) is 55.6 Å². The summed E-state index contributed by atoms with van der Waals surface area (Å²) in [5, 5.41) is 0. The molecule has 1 saturated heterocycles. The highest BCUT2D eigenvalue weighted by Crippen LogP contribution is 2.30. The van der Waals surface area contributed by atoms with Crippen molar-refractivity contribution in [3.05, 3.63) is 0 Å². The van der Waals surface area contributed by atoms with Gasteiger partial charge in [0, 0.05) is 18.5 Å². The molecule has 1 amide bonds. The lowest BCUT2D eigenvalue weighted by molar-refractivity contribution is -0.146. The molecule has 1 aliphatic heterocycles. The largest absolute Gasteiger partial charge is 0.377 e. The first kappa shape index (κ1) is 13.8. The molecule has 0 aromatic heterocycles. The molecule has 4 unspecified atom stereocenters. The number of carbonyl (C=O) groups is 1. The van der Waals surface area contributed by atoms with E-state index in [2.05, 4.69) is 13.8 Å². The summed E-state index contributed by atoms with van der Waals surface area (Å²) in [5.74, 6) is 1.02. The van der Waals surface area contributed by atoms with Crippen molar-refractivity contribution >= 4 is 5.91 Å². The molecule has 0 aromatic carbocycles. The van der Waals surface area contributed by atoms with Crippen molar-refractivity contribution in [3.63, 3.8) is 0 Å². The molecule has 104 valence electrons. The molecular weight excluding hydrogens is 228 g/mol. The number of rotatable bonds is 2. The molecule has 1 heterocycles. The van der Waals surface area contributed by atoms with Gasteiger partial charge < -0.3 is 15.4 Å². The third-order valence-corrected chi connectivity index (χ3v) is 4.31. The van der Waals surface area contributed by atoms with E-state index in [0.29, 0.717) is 25.0 Å². The first-order valence-corrected chi connectivity index (χ1v) is 7.25. The molecular formula is C14H26N2O2. The summed E-state index contributed by atoms with van der Waals surface area (Å²) in [6.45, 7) is 6.44. The molecule has 18 heavy (non-hydrogen) atoms. The van der Waals surface area contributed by atoms with Crippen LogP contribution in [0.25, 0.3) is 0 Å². The number of hydrogen-bond donors (Lipinski definition) is 1. The van der Waals surface area contributed by atoms with Crippen LogP contribution in [0.3, 0.4) is 0 Å². The van der Waals surface area contributed by atoms with E-state index >= 15 is 0 Å². The molecule has 2 rings (SSSR count). The third-order valence-electron chi connectivity index (χ3n) is 4.31. The first-order valence-electron chi connectivity index (χ1n) is 7.25. The van der Waals surface area contributed by atoms with Gasteiger partial charge in [-0.3, -0.25) is 4.79 Å². The highest BCUT2D eigenvalue weighted by atomic mass is 16.5. The molecule has 4 atom stereocenters. The minimum atomic E-state index is 0.135. The summed E-state index contributed by atoms with van der Waals surface area (Å²) in [6, 6.07) is 0.462. The summed E-state index contributed by atoms with van der Waals surface area (Å²) in [7, 11) is 0. The molecule has 2 aliphatic rings. The van der Waals surface area contributed by atoms with Crippen LogP contribution in [0.4, 0.5) is 0 Å². The monoisotopic (exact) mass is 254 g/mol. The average molecular weight is 254 g/mol. The van der Waals surface area contributed by atoms with Gasteiger partial charge in [0.1, 0.15) is 0 Å². The maximum absolute atomic E-state index is 12.6. The van der Waals surface area contributed by atoms with Gasteiger partial charge in [0.05, 0.1) is 19.3 Å². The quantitative estimate of drug-likeness (QED) is 0.810. The minimum absolute atomic E-state index is 0.135. The van der Waals surface area contributed by atoms with Crippen LogP contribution in [0.5, 0.6) is 0 Å². The van der Waals surface area contributed by atoms with Gasteiger partial charge in [-0.2, -0.15) is 0 Å². The van der Waals surface area contributed by atoms with E-state index in [1.807, 2.05) is 4.90 Å². The number of ether oxygens (including phenoxy) is 1. The van der Waals surface area contributed by atoms with Crippen LogP contribution in [0, 0.1) is 11.8 Å². The molecule has 0 bridgehead atoms. The van der Waals surface area contributed by atoms with E-state index < -0.39 is 0 Å². The van der Waals surface area contributed by atoms with Crippen LogP contribution < -0.4 is 5.73 Å². The lowest BCUT2D eigenvalue weighted by Gasteiger charge is -2.39. The van der Waals surface area contributed by atoms with E-state index in [9.17, 15) is 4.79 Å². The first-order chi connectivity index (χ1) is 8.61. The van der Waals surface area contributed by atoms with Crippen molar-refractivity contribution in [1.82, 2.24) is 4.90 Å². The minimum Gasteiger partial charge on any atom is -0.377 e. The van der Waals surface area contributed by atoms with Gasteiger partial charge >= 0.3 is 0 Å². The van der Waals surface area contributed by atoms with E-state index in [4.69, 9.17) is 10.5 Å². The number of nitrogens with zero attached hydrogens (tertiary/aromatic N) is 1. The van der Waals surface area contributed by atoms with Crippen molar-refractivity contribution in [2.45, 2.75) is 51.6 Å². The van der Waals surface area contributed by atoms with Gasteiger partial charge in [-0.05, 0) is 31.6 Å². The fraction of sp³-hybridized carbons (Fsp3) is 0.929. The second kappa shape index (κ2) is 6.02. The lowest BCUT2D eigenvalue weighted by atomic mass is 9.79. The van der Waals surface area contributed by atoms with Crippen LogP contribution in [-0.2, 0) is 9.53 Å². The fourth-order valence-corrected chi connectivity index (χ4v) is 3.38. The maximum Gasteiger partial charge on any atom is 0.226 e. The van der Waals surface area contributed by atoms with Crippen LogP contribution in [-0.4, -0.2) is 42.6 Å². The van der Waals surface area contributed by atoms with E-state index in [1.54, 1.807) is 0 Å². The molecule has 1 aliphatic carbocycles. The van der Waals surface area contributed by atoms with E-state index in [0.717, 1.165) is 32.2 Å². The van der Waals surface area contributed by atoms with Crippen molar-refractivity contribution < 1.29 is 9.53 Å². The van der Waals surface area contributed by atoms with Gasteiger partial charge in [0.15, 0.2) is 0 Å². The molecule has 4 heteroatoms. The number of amides is 1. The predicted molar refractivity (Wildman–Crippen MR) is 71.1 cm³/mol. The Hall–Kier alpha value is -0.610. The zero-order valence-corrected chi connectivity index (χ0v) is 11.6. The molecule has 0 aromatic rings. The Balaban J connectivity index is 2.00. The number of nitrogens with two attached hydrogens (primary N) is 1. The highest BCUT2D eigenvalue weighted by molar-refractivity contribution is 5.79. The van der Waals surface area contributed by atoms with Crippen LogP contribution in [0.15, 0.2) is 0 Å². The smallest absolute Gasteiger partial charge is 0.226 e. The number of carbonyl (C=O) groups excluding carboxylic acids is 1. The Morgan fingerprint density at radius 2 is 2.17 bits per heavy atom. The molecule has 1 saturated carbocycles. The van der Waals surface area contributed by atoms with Crippen LogP contribution in [0.1, 0.15) is 39.5 Å². The van der Waals surface area contributed by atoms with E-state index in [-0.39, 0.29) is 18.0 Å². The summed E-state index contributed by atoms with van der Waals surface area (Å²) in [5.41, 5.74) is 6.05. The summed E-state index contributed by atoms with van der Waals surface area (Å²) in [4.78, 5) is 14.7. The SMILES string of the molecule is CCC1COCCN1C(=O)C1CC(C)CC(N)C1. The molecule has 0 radical (unpaired) electrons. The van der Waals surface area contributed by atoms with Gasteiger partial charge in [0.2, 0.25) is 5.91 Å². The zero-order valence-electron chi connectivity index (χ0n) is 11.6. The Morgan fingerprint density at radius 3 is 2.83 bits per heavy atom. The highest BCUT2D eigenvalue weighted by Gasteiger charge is 2.35. The fourth-order valence-electron chi connectivity index (χ4n) is 3.38. The zero-order chi connectivity index (χ0) is 13.1. The second-order valence-corrected chi connectivity index (χ2v) is 5.94. The standard InChI is InChI=1S/C14H26N2O2/c1-3-13-9-18-5-4-16(13)14(17)11-6-10(2)7-12(15)8-11/h10-13H,3-9,15H2,1-2H3. The molecule has 2 fully saturated rings. The van der Waals surface area contributed by atoms with Gasteiger partial charge in [-0.25, -0.2) is 0 Å². The average Bonchev–Trinajstić information content (AvgIpc) is 2.36. The molecule has 4 nitrogen and oxygen atoms in total. The van der Waals surface area contributed by atoms with Crippen molar-refractivity contribution in [3.8, 4) is 0 Å². The molecule has 0 spiro atoms. The Bertz CT molecular complexity index is 286. The second-order valence-electron chi connectivity index (χ2n) is 5.94. The van der Waals surface area contributed by atoms with Gasteiger partial charge in [-0.15, -0.1) is 0 Å². The number of morpholine rings is 1. The maximum atomic E-state index is 12.6. The Labute approximate surface area is 110 Å². The summed E-state index contributed by atoms with van der Waals surface area (Å²) in [6.07, 6.45) is 3.89. The van der Waals surface area contributed by atoms with Crippen molar-refractivity contribution in [2.75, 3.05) is 19.8 Å². The van der Waals surface area contributed by atoms with Crippen molar-refractivity contribution in [1.29, 1.82) is 0 Å². The Morgan fingerprint density at radius 1 is 1.39 bits per heavy atom. The molecule has 2 N–H and O–H groups in total. The summed E-state index contributed by atoms with van der Waals surface area (Å²) >= 11 is 0. The van der Waals surface area contributed by atoms with Gasteiger partial charge in [0.25, 0.3) is 0 Å².